The molecule has 0 saturated carbocycles. The fourth-order valence-corrected chi connectivity index (χ4v) is 7.65. The van der Waals surface area contributed by atoms with Gasteiger partial charge in [-0.15, -0.1) is 22.7 Å². The molecule has 0 radical (unpaired) electrons. The van der Waals surface area contributed by atoms with Gasteiger partial charge in [-0.05, 0) is 99.5 Å². The molecule has 0 aliphatic heterocycles. The van der Waals surface area contributed by atoms with Gasteiger partial charge in [-0.3, -0.25) is 0 Å². The summed E-state index contributed by atoms with van der Waals surface area (Å²) in [5, 5.41) is 5.30. The van der Waals surface area contributed by atoms with Crippen LogP contribution in [0.25, 0.3) is 58.4 Å². The third-order valence-electron chi connectivity index (χ3n) is 7.37. The smallest absolute Gasteiger partial charge is 0.0449 e. The maximum atomic E-state index is 2.37. The van der Waals surface area contributed by atoms with Crippen LogP contribution >= 0.6 is 22.7 Å². The fourth-order valence-electron chi connectivity index (χ4n) is 5.53. The number of aryl methyl sites for hydroxylation is 1. The predicted molar refractivity (Wildman–Crippen MR) is 165 cm³/mol. The van der Waals surface area contributed by atoms with Crippen LogP contribution in [0.15, 0.2) is 115 Å². The average Bonchev–Trinajstić information content (AvgIpc) is 3.65. The molecule has 0 fully saturated rings. The minimum Gasteiger partial charge on any atom is -0.134 e. The van der Waals surface area contributed by atoms with Gasteiger partial charge in [-0.2, -0.15) is 0 Å². The second kappa shape index (κ2) is 9.30. The zero-order valence-corrected chi connectivity index (χ0v) is 22.3. The van der Waals surface area contributed by atoms with E-state index in [2.05, 4.69) is 122 Å². The zero-order chi connectivity index (χ0) is 24.8. The molecule has 0 atom stereocenters. The van der Waals surface area contributed by atoms with E-state index in [0.29, 0.717) is 0 Å². The molecule has 2 aromatic heterocycles. The van der Waals surface area contributed by atoms with Crippen molar-refractivity contribution in [3.8, 4) is 31.3 Å². The van der Waals surface area contributed by atoms with Crippen molar-refractivity contribution in [3.05, 3.63) is 126 Å². The summed E-state index contributed by atoms with van der Waals surface area (Å²) >= 11 is 3.78. The van der Waals surface area contributed by atoms with E-state index in [-0.39, 0.29) is 0 Å². The van der Waals surface area contributed by atoms with Crippen molar-refractivity contribution in [2.75, 3.05) is 0 Å². The van der Waals surface area contributed by atoms with Crippen LogP contribution < -0.4 is 0 Å². The van der Waals surface area contributed by atoms with Crippen molar-refractivity contribution < 1.29 is 0 Å². The Bertz CT molecular complexity index is 1780. The fraction of sp³-hybridized carbons (Fsp3) is 0.0857. The molecule has 2 heteroatoms. The van der Waals surface area contributed by atoms with Gasteiger partial charge in [0.2, 0.25) is 0 Å². The van der Waals surface area contributed by atoms with Gasteiger partial charge < -0.3 is 0 Å². The van der Waals surface area contributed by atoms with Crippen LogP contribution in [-0.2, 0) is 0 Å². The number of allylic oxidation sites excluding steroid dienone is 4. The first kappa shape index (κ1) is 22.5. The minimum absolute atomic E-state index is 1.14. The van der Waals surface area contributed by atoms with Gasteiger partial charge in [0.1, 0.15) is 0 Å². The molecule has 0 spiro atoms. The number of rotatable bonds is 4. The highest BCUT2D eigenvalue weighted by atomic mass is 32.1. The Morgan fingerprint density at radius 3 is 1.81 bits per heavy atom. The topological polar surface area (TPSA) is 0 Å². The SMILES string of the molecule is Cc1c2ccccc2c(-c2cccc(-c3ccc(-c4ccc(C5=CCCC=C5)s4)s3)c2)c2ccccc12. The summed E-state index contributed by atoms with van der Waals surface area (Å²) in [4.78, 5) is 5.35. The number of fused-ring (bicyclic) bond motifs is 2. The van der Waals surface area contributed by atoms with Crippen molar-refractivity contribution in [1.82, 2.24) is 0 Å². The van der Waals surface area contributed by atoms with Crippen molar-refractivity contribution in [1.29, 1.82) is 0 Å². The zero-order valence-electron chi connectivity index (χ0n) is 20.7. The average molecular weight is 511 g/mol. The molecule has 1 aliphatic rings. The Morgan fingerprint density at radius 1 is 0.541 bits per heavy atom. The molecule has 0 bridgehead atoms. The van der Waals surface area contributed by atoms with E-state index in [1.807, 2.05) is 22.7 Å². The predicted octanol–water partition coefficient (Wildman–Crippen LogP) is 11.2. The molecule has 1 aliphatic carbocycles. The Labute approximate surface area is 225 Å². The highest BCUT2D eigenvalue weighted by Gasteiger charge is 2.15. The molecule has 0 unspecified atom stereocenters. The van der Waals surface area contributed by atoms with Gasteiger partial charge in [-0.1, -0.05) is 85.0 Å². The third kappa shape index (κ3) is 3.98. The first-order chi connectivity index (χ1) is 18.3. The molecule has 0 N–H and O–H groups in total. The largest absolute Gasteiger partial charge is 0.134 e. The number of hydrogen-bond acceptors (Lipinski definition) is 2. The van der Waals surface area contributed by atoms with Gasteiger partial charge >= 0.3 is 0 Å². The summed E-state index contributed by atoms with van der Waals surface area (Å²) in [5.74, 6) is 0. The standard InChI is InChI=1S/C35H26S2/c1-23-27-14-5-7-16-29(27)35(30-17-8-6-15-28(23)30)26-13-9-12-25(22-26)32-19-21-34(37-32)33-20-18-31(36-33)24-10-3-2-4-11-24/h3,5-22H,2,4H2,1H3. The van der Waals surface area contributed by atoms with E-state index in [0.717, 1.165) is 12.8 Å². The van der Waals surface area contributed by atoms with Gasteiger partial charge in [0.05, 0.1) is 0 Å². The maximum Gasteiger partial charge on any atom is 0.0449 e. The summed E-state index contributed by atoms with van der Waals surface area (Å²) < 4.78 is 0. The van der Waals surface area contributed by atoms with Gasteiger partial charge in [0, 0.05) is 19.5 Å². The molecule has 4 aromatic carbocycles. The minimum atomic E-state index is 1.14. The van der Waals surface area contributed by atoms with Crippen LogP contribution in [0, 0.1) is 6.92 Å². The van der Waals surface area contributed by atoms with E-state index in [1.165, 1.54) is 68.9 Å². The van der Waals surface area contributed by atoms with Crippen molar-refractivity contribution >= 4 is 49.8 Å². The third-order valence-corrected chi connectivity index (χ3v) is 9.84. The van der Waals surface area contributed by atoms with E-state index >= 15 is 0 Å². The van der Waals surface area contributed by atoms with E-state index < -0.39 is 0 Å². The Balaban J connectivity index is 1.31. The highest BCUT2D eigenvalue weighted by molar-refractivity contribution is 7.24. The molecule has 37 heavy (non-hydrogen) atoms. The molecule has 2 heterocycles. The lowest BCUT2D eigenvalue weighted by Crippen LogP contribution is -1.89. The van der Waals surface area contributed by atoms with E-state index in [1.54, 1.807) is 0 Å². The lowest BCUT2D eigenvalue weighted by molar-refractivity contribution is 1.04. The number of thiophene rings is 2. The van der Waals surface area contributed by atoms with Crippen LogP contribution in [0.2, 0.25) is 0 Å². The molecule has 0 saturated heterocycles. The summed E-state index contributed by atoms with van der Waals surface area (Å²) in [7, 11) is 0. The summed E-state index contributed by atoms with van der Waals surface area (Å²) in [5.41, 5.74) is 6.59. The maximum absolute atomic E-state index is 2.37. The first-order valence-corrected chi connectivity index (χ1v) is 14.5. The van der Waals surface area contributed by atoms with Gasteiger partial charge in [-0.25, -0.2) is 0 Å². The summed E-state index contributed by atoms with van der Waals surface area (Å²) in [6, 6.07) is 35.9. The Hall–Kier alpha value is -3.72. The van der Waals surface area contributed by atoms with Crippen LogP contribution in [0.4, 0.5) is 0 Å². The van der Waals surface area contributed by atoms with E-state index in [9.17, 15) is 0 Å². The van der Waals surface area contributed by atoms with Crippen molar-refractivity contribution in [2.24, 2.45) is 0 Å². The molecule has 178 valence electrons. The molecule has 6 aromatic rings. The summed E-state index contributed by atoms with van der Waals surface area (Å²) in [6.45, 7) is 2.25. The lowest BCUT2D eigenvalue weighted by atomic mass is 9.88. The molecular formula is C35H26S2. The lowest BCUT2D eigenvalue weighted by Gasteiger charge is -2.15. The first-order valence-electron chi connectivity index (χ1n) is 12.8. The Morgan fingerprint density at radius 2 is 1.14 bits per heavy atom. The van der Waals surface area contributed by atoms with Gasteiger partial charge in [0.15, 0.2) is 0 Å². The number of benzene rings is 4. The van der Waals surface area contributed by atoms with Crippen molar-refractivity contribution in [2.45, 2.75) is 19.8 Å². The van der Waals surface area contributed by atoms with Crippen LogP contribution in [0.3, 0.4) is 0 Å². The monoisotopic (exact) mass is 510 g/mol. The second-order valence-electron chi connectivity index (χ2n) is 9.64. The van der Waals surface area contributed by atoms with Crippen LogP contribution in [-0.4, -0.2) is 0 Å². The quantitative estimate of drug-likeness (QED) is 0.207. The number of hydrogen-bond donors (Lipinski definition) is 0. The molecular weight excluding hydrogens is 485 g/mol. The van der Waals surface area contributed by atoms with E-state index in [4.69, 9.17) is 0 Å². The van der Waals surface area contributed by atoms with Crippen LogP contribution in [0.5, 0.6) is 0 Å². The summed E-state index contributed by atoms with van der Waals surface area (Å²) in [6.07, 6.45) is 9.21. The molecule has 7 rings (SSSR count). The Kier molecular flexibility index (Phi) is 5.65. The van der Waals surface area contributed by atoms with Crippen LogP contribution in [0.1, 0.15) is 23.3 Å². The highest BCUT2D eigenvalue weighted by Crippen LogP contribution is 2.43. The normalized spacial score (nSPS) is 13.4. The second-order valence-corrected chi connectivity index (χ2v) is 11.8. The molecule has 0 nitrogen and oxygen atoms in total. The molecule has 0 amide bonds. The van der Waals surface area contributed by atoms with Crippen molar-refractivity contribution in [3.63, 3.8) is 0 Å². The van der Waals surface area contributed by atoms with Gasteiger partial charge in [0.25, 0.3) is 0 Å².